The van der Waals surface area contributed by atoms with Gasteiger partial charge < -0.3 is 0 Å². The number of hydrogen-bond donors (Lipinski definition) is 0. The van der Waals surface area contributed by atoms with Crippen LogP contribution >= 0.6 is 0 Å². The van der Waals surface area contributed by atoms with Crippen molar-refractivity contribution in [3.63, 3.8) is 0 Å². The molecule has 1 aromatic rings. The molecule has 140 valence electrons. The van der Waals surface area contributed by atoms with Crippen LogP contribution in [0.5, 0.6) is 0 Å². The van der Waals surface area contributed by atoms with Crippen LogP contribution in [0.2, 0.25) is 0 Å². The lowest BCUT2D eigenvalue weighted by atomic mass is 9.72. The van der Waals surface area contributed by atoms with E-state index in [2.05, 4.69) is 78.0 Å². The summed E-state index contributed by atoms with van der Waals surface area (Å²) >= 11 is 0. The zero-order chi connectivity index (χ0) is 18.4. The van der Waals surface area contributed by atoms with E-state index in [9.17, 15) is 0 Å². The Kier molecular flexibility index (Phi) is 7.79. The lowest BCUT2D eigenvalue weighted by molar-refractivity contribution is 0.174. The van der Waals surface area contributed by atoms with Crippen LogP contribution in [-0.4, -0.2) is 0 Å². The third kappa shape index (κ3) is 4.99. The summed E-state index contributed by atoms with van der Waals surface area (Å²) in [6.07, 6.45) is 9.26. The molecular weight excluding hydrogens is 300 g/mol. The Morgan fingerprint density at radius 1 is 1.12 bits per heavy atom. The summed E-state index contributed by atoms with van der Waals surface area (Å²) in [7, 11) is 0. The smallest absolute Gasteiger partial charge is 0.0191 e. The van der Waals surface area contributed by atoms with Crippen molar-refractivity contribution in [3.8, 4) is 0 Å². The van der Waals surface area contributed by atoms with Gasteiger partial charge in [-0.1, -0.05) is 97.2 Å². The second-order valence-electron chi connectivity index (χ2n) is 8.70. The highest BCUT2D eigenvalue weighted by atomic mass is 14.5. The lowest BCUT2D eigenvalue weighted by Crippen LogP contribution is -2.26. The Labute approximate surface area is 157 Å². The molecule has 1 fully saturated rings. The average Bonchev–Trinajstić information content (AvgIpc) is 2.91. The van der Waals surface area contributed by atoms with Crippen LogP contribution in [-0.2, 0) is 0 Å². The van der Waals surface area contributed by atoms with E-state index in [1.807, 2.05) is 0 Å². The maximum Gasteiger partial charge on any atom is -0.0191 e. The van der Waals surface area contributed by atoms with E-state index in [4.69, 9.17) is 0 Å². The topological polar surface area (TPSA) is 0 Å². The SMILES string of the molecule is CCCCC(C)C(C)[C@H]1C(C)C(C)C[C@H]1/C=C(\CC)c1ccccc1. The van der Waals surface area contributed by atoms with Crippen LogP contribution in [0.3, 0.4) is 0 Å². The van der Waals surface area contributed by atoms with E-state index in [-0.39, 0.29) is 0 Å². The molecule has 0 bridgehead atoms. The predicted molar refractivity (Wildman–Crippen MR) is 112 cm³/mol. The maximum atomic E-state index is 2.66. The van der Waals surface area contributed by atoms with Crippen molar-refractivity contribution in [2.75, 3.05) is 0 Å². The average molecular weight is 341 g/mol. The first-order valence-corrected chi connectivity index (χ1v) is 10.8. The Morgan fingerprint density at radius 2 is 1.80 bits per heavy atom. The quantitative estimate of drug-likeness (QED) is 0.452. The molecule has 6 atom stereocenters. The van der Waals surface area contributed by atoms with Crippen LogP contribution in [0.25, 0.3) is 5.57 Å². The first kappa shape index (κ1) is 20.3. The first-order valence-electron chi connectivity index (χ1n) is 10.8. The summed E-state index contributed by atoms with van der Waals surface area (Å²) in [5.41, 5.74) is 2.97. The summed E-state index contributed by atoms with van der Waals surface area (Å²) < 4.78 is 0. The van der Waals surface area contributed by atoms with Crippen molar-refractivity contribution in [2.24, 2.45) is 35.5 Å². The molecule has 0 spiro atoms. The second kappa shape index (κ2) is 9.60. The van der Waals surface area contributed by atoms with Gasteiger partial charge in [0.1, 0.15) is 0 Å². The summed E-state index contributed by atoms with van der Waals surface area (Å²) in [4.78, 5) is 0. The monoisotopic (exact) mass is 340 g/mol. The highest BCUT2D eigenvalue weighted by molar-refractivity contribution is 5.65. The number of unbranched alkanes of at least 4 members (excludes halogenated alkanes) is 1. The fraction of sp³-hybridized carbons (Fsp3) is 0.680. The maximum absolute atomic E-state index is 2.66. The zero-order valence-corrected chi connectivity index (χ0v) is 17.5. The van der Waals surface area contributed by atoms with Crippen molar-refractivity contribution in [1.29, 1.82) is 0 Å². The van der Waals surface area contributed by atoms with E-state index < -0.39 is 0 Å². The third-order valence-electron chi connectivity index (χ3n) is 7.10. The molecule has 1 aromatic carbocycles. The molecule has 4 unspecified atom stereocenters. The summed E-state index contributed by atoms with van der Waals surface area (Å²) in [6, 6.07) is 11.0. The van der Waals surface area contributed by atoms with Crippen LogP contribution in [0, 0.1) is 35.5 Å². The van der Waals surface area contributed by atoms with Crippen LogP contribution in [0.4, 0.5) is 0 Å². The van der Waals surface area contributed by atoms with E-state index in [1.165, 1.54) is 31.2 Å². The molecule has 0 radical (unpaired) electrons. The number of allylic oxidation sites excluding steroid dienone is 2. The second-order valence-corrected chi connectivity index (χ2v) is 8.70. The van der Waals surface area contributed by atoms with E-state index in [0.717, 1.165) is 41.9 Å². The van der Waals surface area contributed by atoms with Crippen molar-refractivity contribution in [2.45, 2.75) is 73.6 Å². The fourth-order valence-electron chi connectivity index (χ4n) is 5.12. The van der Waals surface area contributed by atoms with Gasteiger partial charge in [0.05, 0.1) is 0 Å². The molecule has 1 aliphatic carbocycles. The van der Waals surface area contributed by atoms with Gasteiger partial charge in [0.25, 0.3) is 0 Å². The van der Waals surface area contributed by atoms with Gasteiger partial charge in [-0.05, 0) is 59.5 Å². The van der Waals surface area contributed by atoms with Crippen LogP contribution in [0.1, 0.15) is 79.2 Å². The highest BCUT2D eigenvalue weighted by Crippen LogP contribution is 2.49. The van der Waals surface area contributed by atoms with Gasteiger partial charge in [-0.2, -0.15) is 0 Å². The number of benzene rings is 1. The molecule has 0 amide bonds. The van der Waals surface area contributed by atoms with Gasteiger partial charge in [0.2, 0.25) is 0 Å². The standard InChI is InChI=1S/C25H40/c1-7-9-13-18(3)20(5)25-21(6)19(4)16-24(25)17-22(8-2)23-14-11-10-12-15-23/h10-12,14-15,17-21,24-25H,7-9,13,16H2,1-6H3/b22-17+/t18?,19?,20?,21?,24-,25-/m0/s1. The Hall–Kier alpha value is -1.04. The Bertz CT molecular complexity index is 526. The Morgan fingerprint density at radius 3 is 2.40 bits per heavy atom. The van der Waals surface area contributed by atoms with Crippen LogP contribution < -0.4 is 0 Å². The molecule has 2 rings (SSSR count). The molecular formula is C25H40. The van der Waals surface area contributed by atoms with Crippen LogP contribution in [0.15, 0.2) is 36.4 Å². The minimum absolute atomic E-state index is 0.749. The number of hydrogen-bond acceptors (Lipinski definition) is 0. The molecule has 0 nitrogen and oxygen atoms in total. The largest absolute Gasteiger partial charge is 0.0773 e. The molecule has 25 heavy (non-hydrogen) atoms. The highest BCUT2D eigenvalue weighted by Gasteiger charge is 2.41. The van der Waals surface area contributed by atoms with Gasteiger partial charge >= 0.3 is 0 Å². The van der Waals surface area contributed by atoms with Gasteiger partial charge in [-0.15, -0.1) is 0 Å². The van der Waals surface area contributed by atoms with Gasteiger partial charge in [0, 0.05) is 0 Å². The molecule has 0 aromatic heterocycles. The van der Waals surface area contributed by atoms with Crippen molar-refractivity contribution >= 4 is 5.57 Å². The molecule has 0 saturated heterocycles. The molecule has 1 aliphatic rings. The normalized spacial score (nSPS) is 29.6. The summed E-state index contributed by atoms with van der Waals surface area (Å²) in [6.45, 7) is 14.6. The lowest BCUT2D eigenvalue weighted by Gasteiger charge is -2.33. The fourth-order valence-corrected chi connectivity index (χ4v) is 5.12. The summed E-state index contributed by atoms with van der Waals surface area (Å²) in [5, 5.41) is 0. The van der Waals surface area contributed by atoms with E-state index >= 15 is 0 Å². The van der Waals surface area contributed by atoms with Crippen molar-refractivity contribution in [3.05, 3.63) is 42.0 Å². The molecule has 0 heterocycles. The van der Waals surface area contributed by atoms with E-state index in [1.54, 1.807) is 5.57 Å². The van der Waals surface area contributed by atoms with Crippen molar-refractivity contribution < 1.29 is 0 Å². The molecule has 0 N–H and O–H groups in total. The molecule has 0 heteroatoms. The Balaban J connectivity index is 2.23. The van der Waals surface area contributed by atoms with Gasteiger partial charge in [-0.25, -0.2) is 0 Å². The zero-order valence-electron chi connectivity index (χ0n) is 17.5. The molecule has 1 saturated carbocycles. The minimum Gasteiger partial charge on any atom is -0.0773 e. The summed E-state index contributed by atoms with van der Waals surface area (Å²) in [5.74, 6) is 4.94. The van der Waals surface area contributed by atoms with E-state index in [0.29, 0.717) is 0 Å². The van der Waals surface area contributed by atoms with Gasteiger partial charge in [0.15, 0.2) is 0 Å². The van der Waals surface area contributed by atoms with Crippen molar-refractivity contribution in [1.82, 2.24) is 0 Å². The third-order valence-corrected chi connectivity index (χ3v) is 7.10. The number of rotatable bonds is 8. The first-order chi connectivity index (χ1) is 12.0. The van der Waals surface area contributed by atoms with Gasteiger partial charge in [-0.3, -0.25) is 0 Å². The minimum atomic E-state index is 0.749. The predicted octanol–water partition coefficient (Wildman–Crippen LogP) is 7.85. The molecule has 0 aliphatic heterocycles.